The van der Waals surface area contributed by atoms with Crippen LogP contribution in [0.5, 0.6) is 6.01 Å². The van der Waals surface area contributed by atoms with Crippen LogP contribution < -0.4 is 15.4 Å². The minimum absolute atomic E-state index is 0.0109. The molecule has 11 nitrogen and oxygen atoms in total. The van der Waals surface area contributed by atoms with E-state index in [0.29, 0.717) is 48.2 Å². The number of fused-ring (bicyclic) bond motifs is 5. The van der Waals surface area contributed by atoms with Gasteiger partial charge in [0, 0.05) is 42.4 Å². The van der Waals surface area contributed by atoms with Crippen LogP contribution in [0.3, 0.4) is 0 Å². The molecule has 49 heavy (non-hydrogen) atoms. The summed E-state index contributed by atoms with van der Waals surface area (Å²) < 4.78 is 49.1. The van der Waals surface area contributed by atoms with Crippen LogP contribution in [0, 0.1) is 17.1 Å². The molecular formula is C36H39F2N7O4. The van der Waals surface area contributed by atoms with Crippen molar-refractivity contribution in [3.8, 4) is 23.2 Å². The van der Waals surface area contributed by atoms with Crippen LogP contribution >= 0.6 is 0 Å². The fourth-order valence-corrected chi connectivity index (χ4v) is 8.47. The third kappa shape index (κ3) is 5.28. The molecule has 0 radical (unpaired) electrons. The van der Waals surface area contributed by atoms with Crippen molar-refractivity contribution < 1.29 is 27.5 Å². The molecule has 6 heterocycles. The van der Waals surface area contributed by atoms with Crippen LogP contribution in [0.4, 0.5) is 25.1 Å². The van der Waals surface area contributed by atoms with Crippen LogP contribution in [0.15, 0.2) is 34.9 Å². The number of nitrogens with two attached hydrogens (primary N) is 1. The Labute approximate surface area is 282 Å². The molecule has 4 fully saturated rings. The zero-order valence-corrected chi connectivity index (χ0v) is 27.8. The lowest BCUT2D eigenvalue weighted by atomic mass is 9.95. The van der Waals surface area contributed by atoms with Gasteiger partial charge in [-0.1, -0.05) is 6.07 Å². The second kappa shape index (κ2) is 11.4. The summed E-state index contributed by atoms with van der Waals surface area (Å²) in [7, 11) is 0. The summed E-state index contributed by atoms with van der Waals surface area (Å²) in [5.41, 5.74) is 6.58. The number of hydrogen-bond acceptors (Lipinski definition) is 10. The van der Waals surface area contributed by atoms with Gasteiger partial charge < -0.3 is 24.5 Å². The van der Waals surface area contributed by atoms with Crippen molar-refractivity contribution in [1.29, 1.82) is 5.26 Å². The highest BCUT2D eigenvalue weighted by atomic mass is 19.1. The summed E-state index contributed by atoms with van der Waals surface area (Å²) in [5.74, 6) is -0.0899. The number of furan rings is 1. The lowest BCUT2D eigenvalue weighted by Gasteiger charge is -2.42. The molecule has 4 aliphatic heterocycles. The molecule has 256 valence electrons. The van der Waals surface area contributed by atoms with Crippen LogP contribution in [-0.2, 0) is 4.74 Å². The molecule has 4 saturated heterocycles. The largest absolute Gasteiger partial charge is 0.463 e. The van der Waals surface area contributed by atoms with Gasteiger partial charge >= 0.3 is 12.1 Å². The first kappa shape index (κ1) is 31.6. The minimum atomic E-state index is -0.923. The van der Waals surface area contributed by atoms with Gasteiger partial charge in [0.1, 0.15) is 41.3 Å². The number of aromatic nitrogens is 2. The van der Waals surface area contributed by atoms with Crippen molar-refractivity contribution in [2.45, 2.75) is 82.3 Å². The van der Waals surface area contributed by atoms with Gasteiger partial charge in [-0.25, -0.2) is 13.6 Å². The van der Waals surface area contributed by atoms with E-state index in [1.165, 1.54) is 6.26 Å². The molecule has 4 aliphatic rings. The maximum atomic E-state index is 16.9. The number of rotatable bonds is 5. The molecule has 2 aromatic carbocycles. The van der Waals surface area contributed by atoms with Crippen LogP contribution in [0.1, 0.15) is 58.4 Å². The number of carbonyl (C=O) groups is 1. The first-order valence-corrected chi connectivity index (χ1v) is 16.9. The number of nitriles is 1. The number of anilines is 2. The first-order chi connectivity index (χ1) is 23.4. The lowest BCUT2D eigenvalue weighted by Crippen LogP contribution is -2.57. The van der Waals surface area contributed by atoms with Gasteiger partial charge in [0.05, 0.1) is 29.6 Å². The number of nitrogens with zero attached hydrogens (tertiary/aromatic N) is 6. The predicted octanol–water partition coefficient (Wildman–Crippen LogP) is 6.18. The Hall–Kier alpha value is -4.70. The summed E-state index contributed by atoms with van der Waals surface area (Å²) >= 11 is 0. The highest BCUT2D eigenvalue weighted by Gasteiger charge is 2.50. The average Bonchev–Trinajstić information content (AvgIpc) is 3.81. The van der Waals surface area contributed by atoms with E-state index in [2.05, 4.69) is 20.9 Å². The van der Waals surface area contributed by atoms with Crippen molar-refractivity contribution in [3.05, 3.63) is 41.9 Å². The smallest absolute Gasteiger partial charge is 0.410 e. The number of nitrogen functional groups attached to an aromatic ring is 1. The lowest BCUT2D eigenvalue weighted by molar-refractivity contribution is 0.0122. The number of piperazine rings is 1. The van der Waals surface area contributed by atoms with Gasteiger partial charge in [0.2, 0.25) is 0 Å². The SMILES string of the molecule is CC(C)(C)OC(=O)N1[C@@H]2CC[C@H]1CN(c1nc(OC[C@@]34CCCN3C[C@H](F)C4)nc3c(F)c(-c4cc(N)c(C#N)c5occc45)ccc13)C2. The molecule has 0 aliphatic carbocycles. The van der Waals surface area contributed by atoms with Crippen molar-refractivity contribution in [3.63, 3.8) is 0 Å². The summed E-state index contributed by atoms with van der Waals surface area (Å²) in [6.07, 6.45) is 3.96. The van der Waals surface area contributed by atoms with E-state index >= 15 is 4.39 Å². The number of ether oxygens (including phenoxy) is 2. The topological polar surface area (TPSA) is 134 Å². The van der Waals surface area contributed by atoms with Gasteiger partial charge in [-0.2, -0.15) is 15.2 Å². The Morgan fingerprint density at radius 2 is 1.92 bits per heavy atom. The zero-order chi connectivity index (χ0) is 34.2. The van der Waals surface area contributed by atoms with Crippen molar-refractivity contribution in [2.24, 2.45) is 0 Å². The predicted molar refractivity (Wildman–Crippen MR) is 179 cm³/mol. The van der Waals surface area contributed by atoms with E-state index in [1.807, 2.05) is 25.7 Å². The van der Waals surface area contributed by atoms with E-state index < -0.39 is 23.1 Å². The summed E-state index contributed by atoms with van der Waals surface area (Å²) in [6.45, 7) is 7.91. The monoisotopic (exact) mass is 671 g/mol. The van der Waals surface area contributed by atoms with Gasteiger partial charge in [-0.05, 0) is 76.8 Å². The highest BCUT2D eigenvalue weighted by Crippen LogP contribution is 2.43. The number of alkyl halides is 1. The standard InChI is InChI=1S/C36H39F2N7O4/c1-35(2,3)49-34(46)45-21-5-6-22(45)18-43(17-21)32-25-8-7-23(26-13-28(40)27(15-39)31-24(26)9-12-47-31)29(38)30(25)41-33(42-32)48-19-36-10-4-11-44(36)16-20(37)14-36/h7-9,12-13,20-22H,4-6,10-11,14,16-19,40H2,1-3H3/t20-,21-,22+,36+/m1/s1. The molecule has 4 aromatic rings. The van der Waals surface area contributed by atoms with Crippen LogP contribution in [-0.4, -0.2) is 88.0 Å². The number of amides is 1. The van der Waals surface area contributed by atoms with E-state index in [1.54, 1.807) is 24.3 Å². The Balaban J connectivity index is 1.20. The number of carbonyl (C=O) groups excluding carboxylic acids is 1. The number of halogens is 2. The molecule has 1 amide bonds. The fraction of sp³-hybridized carbons (Fsp3) is 0.500. The first-order valence-electron chi connectivity index (χ1n) is 16.9. The molecule has 8 rings (SSSR count). The second-order valence-electron chi connectivity index (χ2n) is 14.9. The maximum Gasteiger partial charge on any atom is 0.410 e. The Morgan fingerprint density at radius 1 is 1.14 bits per heavy atom. The van der Waals surface area contributed by atoms with Gasteiger partial charge in [-0.15, -0.1) is 0 Å². The van der Waals surface area contributed by atoms with Crippen molar-refractivity contribution in [1.82, 2.24) is 19.8 Å². The van der Waals surface area contributed by atoms with Crippen LogP contribution in [0.25, 0.3) is 33.0 Å². The molecule has 0 saturated carbocycles. The average molecular weight is 672 g/mol. The van der Waals surface area contributed by atoms with Gasteiger partial charge in [-0.3, -0.25) is 9.80 Å². The van der Waals surface area contributed by atoms with E-state index in [0.717, 1.165) is 32.2 Å². The minimum Gasteiger partial charge on any atom is -0.463 e. The van der Waals surface area contributed by atoms with Gasteiger partial charge in [0.25, 0.3) is 0 Å². The second-order valence-corrected chi connectivity index (χ2v) is 14.9. The molecule has 13 heteroatoms. The van der Waals surface area contributed by atoms with Crippen LogP contribution in [0.2, 0.25) is 0 Å². The normalized spacial score (nSPS) is 25.3. The fourth-order valence-electron chi connectivity index (χ4n) is 8.47. The van der Waals surface area contributed by atoms with Crippen molar-refractivity contribution in [2.75, 3.05) is 43.4 Å². The summed E-state index contributed by atoms with van der Waals surface area (Å²) in [5, 5.41) is 10.7. The third-order valence-electron chi connectivity index (χ3n) is 10.6. The molecule has 0 unspecified atom stereocenters. The number of hydrogen-bond donors (Lipinski definition) is 1. The van der Waals surface area contributed by atoms with Crippen molar-refractivity contribution >= 4 is 39.5 Å². The van der Waals surface area contributed by atoms with Gasteiger partial charge in [0.15, 0.2) is 11.4 Å². The summed E-state index contributed by atoms with van der Waals surface area (Å²) in [4.78, 5) is 28.8. The quantitative estimate of drug-likeness (QED) is 0.245. The van der Waals surface area contributed by atoms with E-state index in [-0.39, 0.29) is 58.7 Å². The Kier molecular flexibility index (Phi) is 7.37. The summed E-state index contributed by atoms with van der Waals surface area (Å²) in [6, 6.07) is 8.59. The molecule has 4 atom stereocenters. The molecule has 2 bridgehead atoms. The molecule has 2 aromatic heterocycles. The molecule has 2 N–H and O–H groups in total. The number of benzene rings is 2. The molecule has 0 spiro atoms. The van der Waals surface area contributed by atoms with E-state index in [9.17, 15) is 14.4 Å². The van der Waals surface area contributed by atoms with E-state index in [4.69, 9.17) is 24.6 Å². The zero-order valence-electron chi connectivity index (χ0n) is 27.8. The molecular weight excluding hydrogens is 632 g/mol. The Bertz CT molecular complexity index is 2010. The highest BCUT2D eigenvalue weighted by molar-refractivity contribution is 6.03. The third-order valence-corrected chi connectivity index (χ3v) is 10.6. The maximum absolute atomic E-state index is 16.9. The Morgan fingerprint density at radius 3 is 2.65 bits per heavy atom.